The van der Waals surface area contributed by atoms with E-state index in [1.807, 2.05) is 26.0 Å². The average Bonchev–Trinajstić information content (AvgIpc) is 2.18. The molecule has 1 amide bonds. The number of allylic oxidation sites excluding steroid dienone is 1. The molecule has 1 rings (SSSR count). The Kier molecular flexibility index (Phi) is 4.62. The van der Waals surface area contributed by atoms with Gasteiger partial charge in [-0.2, -0.15) is 0 Å². The molecule has 1 aliphatic rings. The van der Waals surface area contributed by atoms with E-state index in [9.17, 15) is 4.79 Å². The number of morpholine rings is 1. The summed E-state index contributed by atoms with van der Waals surface area (Å²) in [6, 6.07) is -0.214. The van der Waals surface area contributed by atoms with Crippen molar-refractivity contribution in [3.05, 3.63) is 12.2 Å². The van der Waals surface area contributed by atoms with Gasteiger partial charge < -0.3 is 15.4 Å². The molecule has 0 aromatic carbocycles. The van der Waals surface area contributed by atoms with Gasteiger partial charge in [0, 0.05) is 13.1 Å². The third-order valence-corrected chi connectivity index (χ3v) is 2.23. The van der Waals surface area contributed by atoms with Gasteiger partial charge in [-0.1, -0.05) is 12.2 Å². The smallest absolute Gasteiger partial charge is 0.240 e. The zero-order valence-electron chi connectivity index (χ0n) is 8.75. The summed E-state index contributed by atoms with van der Waals surface area (Å²) in [5, 5.41) is 5.95. The number of hydrogen-bond donors (Lipinski definition) is 2. The second-order valence-corrected chi connectivity index (χ2v) is 3.32. The molecule has 0 radical (unpaired) electrons. The molecular formula is C10H18N2O2. The second kappa shape index (κ2) is 5.78. The average molecular weight is 198 g/mol. The van der Waals surface area contributed by atoms with Crippen molar-refractivity contribution in [1.82, 2.24) is 10.6 Å². The summed E-state index contributed by atoms with van der Waals surface area (Å²) in [7, 11) is 0. The Morgan fingerprint density at radius 3 is 3.14 bits per heavy atom. The number of nitrogens with one attached hydrogen (secondary N) is 2. The first-order valence-electron chi connectivity index (χ1n) is 4.99. The molecule has 2 atom stereocenters. The largest absolute Gasteiger partial charge is 0.375 e. The SMILES string of the molecule is C/C=C/CNC(=O)C1NCCOC1C. The van der Waals surface area contributed by atoms with Crippen LogP contribution in [0.25, 0.3) is 0 Å². The van der Waals surface area contributed by atoms with Crippen LogP contribution in [0.5, 0.6) is 0 Å². The van der Waals surface area contributed by atoms with Crippen LogP contribution in [0.1, 0.15) is 13.8 Å². The number of ether oxygens (including phenoxy) is 1. The molecule has 2 N–H and O–H groups in total. The van der Waals surface area contributed by atoms with Gasteiger partial charge in [0.1, 0.15) is 6.04 Å². The van der Waals surface area contributed by atoms with Gasteiger partial charge in [0.05, 0.1) is 12.7 Å². The third-order valence-electron chi connectivity index (χ3n) is 2.23. The van der Waals surface area contributed by atoms with Crippen LogP contribution in [0.15, 0.2) is 12.2 Å². The monoisotopic (exact) mass is 198 g/mol. The van der Waals surface area contributed by atoms with E-state index in [0.29, 0.717) is 13.2 Å². The predicted octanol–water partition coefficient (Wildman–Crippen LogP) is 0.0556. The molecule has 0 spiro atoms. The highest BCUT2D eigenvalue weighted by Gasteiger charge is 2.27. The summed E-state index contributed by atoms with van der Waals surface area (Å²) in [6.07, 6.45) is 3.77. The molecular weight excluding hydrogens is 180 g/mol. The lowest BCUT2D eigenvalue weighted by Gasteiger charge is -2.29. The van der Waals surface area contributed by atoms with Crippen LogP contribution in [-0.2, 0) is 9.53 Å². The zero-order chi connectivity index (χ0) is 10.4. The fourth-order valence-corrected chi connectivity index (χ4v) is 1.41. The molecule has 0 saturated carbocycles. The molecule has 0 bridgehead atoms. The van der Waals surface area contributed by atoms with Crippen LogP contribution in [0.4, 0.5) is 0 Å². The van der Waals surface area contributed by atoms with E-state index in [4.69, 9.17) is 4.74 Å². The fraction of sp³-hybridized carbons (Fsp3) is 0.700. The Morgan fingerprint density at radius 1 is 1.71 bits per heavy atom. The zero-order valence-corrected chi connectivity index (χ0v) is 8.75. The van der Waals surface area contributed by atoms with Crippen LogP contribution in [0.2, 0.25) is 0 Å². The van der Waals surface area contributed by atoms with E-state index in [1.54, 1.807) is 0 Å². The van der Waals surface area contributed by atoms with Crippen LogP contribution < -0.4 is 10.6 Å². The van der Waals surface area contributed by atoms with Gasteiger partial charge in [0.25, 0.3) is 0 Å². The van der Waals surface area contributed by atoms with Crippen molar-refractivity contribution >= 4 is 5.91 Å². The molecule has 80 valence electrons. The predicted molar refractivity (Wildman–Crippen MR) is 55.0 cm³/mol. The quantitative estimate of drug-likeness (QED) is 0.630. The summed E-state index contributed by atoms with van der Waals surface area (Å²) in [5.41, 5.74) is 0. The standard InChI is InChI=1S/C10H18N2O2/c1-3-4-5-12-10(13)9-8(2)14-7-6-11-9/h3-4,8-9,11H,5-7H2,1-2H3,(H,12,13)/b4-3+. The van der Waals surface area contributed by atoms with Crippen LogP contribution >= 0.6 is 0 Å². The molecule has 14 heavy (non-hydrogen) atoms. The summed E-state index contributed by atoms with van der Waals surface area (Å²) in [6.45, 7) is 5.84. The van der Waals surface area contributed by atoms with E-state index in [1.165, 1.54) is 0 Å². The lowest BCUT2D eigenvalue weighted by molar-refractivity contribution is -0.128. The maximum atomic E-state index is 11.6. The summed E-state index contributed by atoms with van der Waals surface area (Å²) >= 11 is 0. The van der Waals surface area contributed by atoms with Gasteiger partial charge in [-0.3, -0.25) is 4.79 Å². The first-order valence-corrected chi connectivity index (χ1v) is 4.99. The Morgan fingerprint density at radius 2 is 2.50 bits per heavy atom. The van der Waals surface area contributed by atoms with Crippen molar-refractivity contribution < 1.29 is 9.53 Å². The Bertz CT molecular complexity index is 216. The summed E-state index contributed by atoms with van der Waals surface area (Å²) in [4.78, 5) is 11.6. The van der Waals surface area contributed by atoms with Crippen molar-refractivity contribution in [2.45, 2.75) is 26.0 Å². The number of rotatable bonds is 3. The molecule has 1 aliphatic heterocycles. The summed E-state index contributed by atoms with van der Waals surface area (Å²) in [5.74, 6) is 0.00954. The highest BCUT2D eigenvalue weighted by atomic mass is 16.5. The molecule has 2 unspecified atom stereocenters. The summed E-state index contributed by atoms with van der Waals surface area (Å²) < 4.78 is 5.38. The van der Waals surface area contributed by atoms with Gasteiger partial charge in [-0.05, 0) is 13.8 Å². The van der Waals surface area contributed by atoms with Gasteiger partial charge in [-0.25, -0.2) is 0 Å². The minimum atomic E-state index is -0.214. The fourth-order valence-electron chi connectivity index (χ4n) is 1.41. The number of amides is 1. The van der Waals surface area contributed by atoms with Gasteiger partial charge >= 0.3 is 0 Å². The maximum absolute atomic E-state index is 11.6. The Balaban J connectivity index is 2.34. The van der Waals surface area contributed by atoms with Gasteiger partial charge in [0.15, 0.2) is 0 Å². The number of hydrogen-bond acceptors (Lipinski definition) is 3. The molecule has 4 nitrogen and oxygen atoms in total. The van der Waals surface area contributed by atoms with E-state index in [2.05, 4.69) is 10.6 Å². The van der Waals surface area contributed by atoms with Crippen LogP contribution in [0, 0.1) is 0 Å². The first kappa shape index (κ1) is 11.2. The maximum Gasteiger partial charge on any atom is 0.240 e. The first-order chi connectivity index (χ1) is 6.75. The van der Waals surface area contributed by atoms with Crippen LogP contribution in [0.3, 0.4) is 0 Å². The highest BCUT2D eigenvalue weighted by molar-refractivity contribution is 5.82. The lowest BCUT2D eigenvalue weighted by atomic mass is 10.1. The normalized spacial score (nSPS) is 27.9. The van der Waals surface area contributed by atoms with Gasteiger partial charge in [-0.15, -0.1) is 0 Å². The van der Waals surface area contributed by atoms with Crippen molar-refractivity contribution in [3.8, 4) is 0 Å². The minimum Gasteiger partial charge on any atom is -0.375 e. The molecule has 1 fully saturated rings. The topological polar surface area (TPSA) is 50.4 Å². The van der Waals surface area contributed by atoms with E-state index < -0.39 is 0 Å². The van der Waals surface area contributed by atoms with Crippen molar-refractivity contribution in [3.63, 3.8) is 0 Å². The molecule has 1 saturated heterocycles. The molecule has 0 aromatic rings. The Labute approximate surface area is 84.7 Å². The number of carbonyl (C=O) groups is 1. The second-order valence-electron chi connectivity index (χ2n) is 3.32. The molecule has 4 heteroatoms. The molecule has 0 aromatic heterocycles. The van der Waals surface area contributed by atoms with Gasteiger partial charge in [0.2, 0.25) is 5.91 Å². The molecule has 1 heterocycles. The number of carbonyl (C=O) groups excluding carboxylic acids is 1. The van der Waals surface area contributed by atoms with Crippen LogP contribution in [-0.4, -0.2) is 37.7 Å². The van der Waals surface area contributed by atoms with Crippen molar-refractivity contribution in [2.75, 3.05) is 19.7 Å². The lowest BCUT2D eigenvalue weighted by Crippen LogP contribution is -2.55. The minimum absolute atomic E-state index is 0.00954. The molecule has 0 aliphatic carbocycles. The van der Waals surface area contributed by atoms with E-state index in [0.717, 1.165) is 6.54 Å². The van der Waals surface area contributed by atoms with Crippen molar-refractivity contribution in [1.29, 1.82) is 0 Å². The van der Waals surface area contributed by atoms with E-state index in [-0.39, 0.29) is 18.1 Å². The third kappa shape index (κ3) is 3.12. The van der Waals surface area contributed by atoms with Crippen molar-refractivity contribution in [2.24, 2.45) is 0 Å². The highest BCUT2D eigenvalue weighted by Crippen LogP contribution is 2.03. The van der Waals surface area contributed by atoms with E-state index >= 15 is 0 Å². The Hall–Kier alpha value is -0.870.